The quantitative estimate of drug-likeness (QED) is 0.583. The van der Waals surface area contributed by atoms with E-state index in [4.69, 9.17) is 0 Å². The highest BCUT2D eigenvalue weighted by molar-refractivity contribution is 9.10. The number of nitrogens with zero attached hydrogens (tertiary/aromatic N) is 2. The first-order valence-electron chi connectivity index (χ1n) is 7.88. The Labute approximate surface area is 155 Å². The van der Waals surface area contributed by atoms with Crippen molar-refractivity contribution in [2.45, 2.75) is 12.8 Å². The summed E-state index contributed by atoms with van der Waals surface area (Å²) in [5, 5.41) is 2.79. The molecule has 0 saturated carbocycles. The molecule has 138 valence electrons. The minimum Gasteiger partial charge on any atom is -0.366 e. The van der Waals surface area contributed by atoms with E-state index >= 15 is 0 Å². The molecule has 1 fully saturated rings. The van der Waals surface area contributed by atoms with Gasteiger partial charge < -0.3 is 10.2 Å². The molecule has 4 nitrogen and oxygen atoms in total. The minimum absolute atomic E-state index is 0.0881. The third-order valence-electron chi connectivity index (χ3n) is 4.29. The van der Waals surface area contributed by atoms with E-state index in [1.54, 1.807) is 18.2 Å². The number of pyridine rings is 1. The number of carbonyl (C=O) groups excluding carboxylic acids is 1. The van der Waals surface area contributed by atoms with Crippen LogP contribution in [0.25, 0.3) is 0 Å². The van der Waals surface area contributed by atoms with Gasteiger partial charge in [-0.05, 0) is 40.9 Å². The predicted octanol–water partition coefficient (Wildman–Crippen LogP) is 4.26. The van der Waals surface area contributed by atoms with E-state index in [2.05, 4.69) is 26.2 Å². The lowest BCUT2D eigenvalue weighted by molar-refractivity contribution is -0.120. The normalized spacial score (nSPS) is 15.2. The summed E-state index contributed by atoms with van der Waals surface area (Å²) in [5.41, 5.74) is -0.157. The lowest BCUT2D eigenvalue weighted by atomic mass is 9.95. The Balaban J connectivity index is 1.68. The smallest absolute Gasteiger partial charge is 0.253 e. The molecule has 0 bridgehead atoms. The molecule has 1 aliphatic rings. The first-order valence-corrected chi connectivity index (χ1v) is 8.68. The Bertz CT molecular complexity index is 815. The Morgan fingerprint density at radius 3 is 2.23 bits per heavy atom. The van der Waals surface area contributed by atoms with Crippen LogP contribution in [-0.4, -0.2) is 24.0 Å². The second-order valence-corrected chi connectivity index (χ2v) is 6.75. The molecule has 0 unspecified atom stereocenters. The van der Waals surface area contributed by atoms with Crippen LogP contribution in [0.5, 0.6) is 0 Å². The fraction of sp³-hybridized carbons (Fsp3) is 0.294. The van der Waals surface area contributed by atoms with Crippen molar-refractivity contribution in [1.82, 2.24) is 4.98 Å². The third-order valence-corrected chi connectivity index (χ3v) is 4.98. The van der Waals surface area contributed by atoms with Crippen LogP contribution in [0.3, 0.4) is 0 Å². The van der Waals surface area contributed by atoms with Crippen molar-refractivity contribution in [3.63, 3.8) is 0 Å². The third kappa shape index (κ3) is 3.67. The van der Waals surface area contributed by atoms with Crippen LogP contribution in [0.2, 0.25) is 0 Å². The average molecular weight is 432 g/mol. The molecule has 1 aromatic carbocycles. The van der Waals surface area contributed by atoms with Crippen LogP contribution < -0.4 is 10.2 Å². The molecular weight excluding hydrogens is 418 g/mol. The second kappa shape index (κ2) is 7.61. The van der Waals surface area contributed by atoms with E-state index in [9.17, 15) is 22.4 Å². The summed E-state index contributed by atoms with van der Waals surface area (Å²) in [7, 11) is 0. The number of rotatable bonds is 3. The number of hydrogen-bond acceptors (Lipinski definition) is 3. The van der Waals surface area contributed by atoms with Gasteiger partial charge in [-0.3, -0.25) is 4.79 Å². The fourth-order valence-corrected chi connectivity index (χ4v) is 3.30. The summed E-state index contributed by atoms with van der Waals surface area (Å²) in [4.78, 5) is 16.1. The molecular formula is C17H14BrF4N3O. The fourth-order valence-electron chi connectivity index (χ4n) is 2.92. The van der Waals surface area contributed by atoms with E-state index in [0.717, 1.165) is 4.47 Å². The number of carbonyl (C=O) groups is 1. The van der Waals surface area contributed by atoms with Crippen molar-refractivity contribution in [2.75, 3.05) is 23.3 Å². The van der Waals surface area contributed by atoms with Gasteiger partial charge in [0, 0.05) is 23.5 Å². The van der Waals surface area contributed by atoms with Crippen molar-refractivity contribution in [3.8, 4) is 0 Å². The Morgan fingerprint density at radius 1 is 1.08 bits per heavy atom. The monoisotopic (exact) mass is 431 g/mol. The Morgan fingerprint density at radius 2 is 1.65 bits per heavy atom. The van der Waals surface area contributed by atoms with Gasteiger partial charge in [0.15, 0.2) is 0 Å². The molecule has 0 atom stereocenters. The zero-order valence-corrected chi connectivity index (χ0v) is 15.0. The van der Waals surface area contributed by atoms with E-state index in [1.165, 1.54) is 4.90 Å². The number of halogens is 5. The number of benzene rings is 1. The van der Waals surface area contributed by atoms with E-state index in [-0.39, 0.29) is 24.9 Å². The van der Waals surface area contributed by atoms with Gasteiger partial charge in [0.25, 0.3) is 11.9 Å². The van der Waals surface area contributed by atoms with Crippen molar-refractivity contribution in [1.29, 1.82) is 0 Å². The van der Waals surface area contributed by atoms with E-state index in [0.29, 0.717) is 18.5 Å². The molecule has 0 aliphatic carbocycles. The highest BCUT2D eigenvalue weighted by Gasteiger charge is 2.31. The van der Waals surface area contributed by atoms with Gasteiger partial charge in [0.2, 0.25) is 17.5 Å². The van der Waals surface area contributed by atoms with Crippen LogP contribution in [0.15, 0.2) is 28.7 Å². The van der Waals surface area contributed by atoms with Crippen molar-refractivity contribution >= 4 is 33.2 Å². The molecule has 2 aromatic rings. The highest BCUT2D eigenvalue weighted by Crippen LogP contribution is 2.31. The largest absolute Gasteiger partial charge is 0.366 e. The maximum absolute atomic E-state index is 13.8. The number of amides is 1. The minimum atomic E-state index is -1.69. The first kappa shape index (κ1) is 18.6. The number of para-hydroxylation sites is 1. The lowest BCUT2D eigenvalue weighted by Gasteiger charge is -2.33. The SMILES string of the molecule is O=C(Nc1ccccc1Br)C1CCN(c2c(F)c(F)nc(F)c2F)CC1. The highest BCUT2D eigenvalue weighted by atomic mass is 79.9. The van der Waals surface area contributed by atoms with Crippen LogP contribution in [-0.2, 0) is 4.79 Å². The van der Waals surface area contributed by atoms with Crippen LogP contribution in [0.4, 0.5) is 28.9 Å². The second-order valence-electron chi connectivity index (χ2n) is 5.90. The zero-order valence-electron chi connectivity index (χ0n) is 13.4. The van der Waals surface area contributed by atoms with Gasteiger partial charge in [-0.25, -0.2) is 0 Å². The molecule has 1 aromatic heterocycles. The summed E-state index contributed by atoms with van der Waals surface area (Å²) in [6.07, 6.45) is 0.585. The standard InChI is InChI=1S/C17H14BrF4N3O/c18-10-3-1-2-4-11(10)23-17(26)9-5-7-25(8-6-9)14-12(19)15(21)24-16(22)13(14)20/h1-4,9H,5-8H2,(H,23,26). The van der Waals surface area contributed by atoms with Gasteiger partial charge in [-0.1, -0.05) is 12.1 Å². The molecule has 1 N–H and O–H groups in total. The molecule has 2 heterocycles. The topological polar surface area (TPSA) is 45.2 Å². The molecule has 1 saturated heterocycles. The summed E-state index contributed by atoms with van der Waals surface area (Å²) < 4.78 is 55.0. The Kier molecular flexibility index (Phi) is 5.45. The molecule has 1 aliphatic heterocycles. The van der Waals surface area contributed by atoms with Gasteiger partial charge in [-0.2, -0.15) is 22.5 Å². The van der Waals surface area contributed by atoms with Crippen molar-refractivity contribution < 1.29 is 22.4 Å². The molecule has 26 heavy (non-hydrogen) atoms. The van der Waals surface area contributed by atoms with Crippen LogP contribution in [0, 0.1) is 29.4 Å². The summed E-state index contributed by atoms with van der Waals surface area (Å²) >= 11 is 3.34. The van der Waals surface area contributed by atoms with Gasteiger partial charge >= 0.3 is 0 Å². The van der Waals surface area contributed by atoms with Crippen LogP contribution >= 0.6 is 15.9 Å². The van der Waals surface area contributed by atoms with Crippen molar-refractivity contribution in [3.05, 3.63) is 52.3 Å². The Hall–Kier alpha value is -2.16. The van der Waals surface area contributed by atoms with Gasteiger partial charge in [0.05, 0.1) is 5.69 Å². The zero-order chi connectivity index (χ0) is 18.8. The molecule has 3 rings (SSSR count). The van der Waals surface area contributed by atoms with Crippen molar-refractivity contribution in [2.24, 2.45) is 5.92 Å². The van der Waals surface area contributed by atoms with E-state index in [1.807, 2.05) is 6.07 Å². The molecule has 1 amide bonds. The molecule has 0 spiro atoms. The summed E-state index contributed by atoms with van der Waals surface area (Å²) in [6.45, 7) is 0.176. The first-order chi connectivity index (χ1) is 12.4. The number of anilines is 2. The van der Waals surface area contributed by atoms with E-state index < -0.39 is 29.2 Å². The lowest BCUT2D eigenvalue weighted by Crippen LogP contribution is -2.39. The number of nitrogens with one attached hydrogen (secondary N) is 1. The maximum atomic E-state index is 13.8. The average Bonchev–Trinajstić information content (AvgIpc) is 2.63. The maximum Gasteiger partial charge on any atom is 0.253 e. The number of hydrogen-bond donors (Lipinski definition) is 1. The predicted molar refractivity (Wildman–Crippen MR) is 91.8 cm³/mol. The van der Waals surface area contributed by atoms with Gasteiger partial charge in [-0.15, -0.1) is 0 Å². The number of piperidine rings is 1. The molecule has 9 heteroatoms. The van der Waals surface area contributed by atoms with Gasteiger partial charge in [0.1, 0.15) is 5.69 Å². The summed E-state index contributed by atoms with van der Waals surface area (Å²) in [5.74, 6) is -7.02. The summed E-state index contributed by atoms with van der Waals surface area (Å²) in [6, 6.07) is 7.12. The van der Waals surface area contributed by atoms with Crippen LogP contribution in [0.1, 0.15) is 12.8 Å². The number of aromatic nitrogens is 1. The molecule has 0 radical (unpaired) electrons.